The summed E-state index contributed by atoms with van der Waals surface area (Å²) in [4.78, 5) is 0. The average Bonchev–Trinajstić information content (AvgIpc) is 2.28. The quantitative estimate of drug-likeness (QED) is 0.724. The second kappa shape index (κ2) is 6.66. The van der Waals surface area contributed by atoms with Gasteiger partial charge in [-0.3, -0.25) is 0 Å². The van der Waals surface area contributed by atoms with Crippen molar-refractivity contribution in [2.24, 2.45) is 0 Å². The number of benzene rings is 1. The van der Waals surface area contributed by atoms with E-state index in [0.717, 1.165) is 31.5 Å². The summed E-state index contributed by atoms with van der Waals surface area (Å²) < 4.78 is 0. The summed E-state index contributed by atoms with van der Waals surface area (Å²) in [5.74, 6) is 0. The maximum absolute atomic E-state index is 10.00. The van der Waals surface area contributed by atoms with Gasteiger partial charge in [0.2, 0.25) is 0 Å². The lowest BCUT2D eigenvalue weighted by Crippen LogP contribution is -2.18. The molecule has 0 saturated heterocycles. The summed E-state index contributed by atoms with van der Waals surface area (Å²) in [7, 11) is 0. The monoisotopic (exact) mass is 221 g/mol. The number of aryl methyl sites for hydroxylation is 2. The molecule has 0 spiro atoms. The second-order valence-corrected chi connectivity index (χ2v) is 4.40. The third kappa shape index (κ3) is 3.95. The predicted molar refractivity (Wildman–Crippen MR) is 68.7 cm³/mol. The lowest BCUT2D eigenvalue weighted by Gasteiger charge is -2.13. The summed E-state index contributed by atoms with van der Waals surface area (Å²) >= 11 is 0. The molecule has 0 bridgehead atoms. The molecule has 2 N–H and O–H groups in total. The van der Waals surface area contributed by atoms with Crippen molar-refractivity contribution in [1.82, 2.24) is 5.32 Å². The Bertz CT molecular complexity index is 323. The zero-order valence-corrected chi connectivity index (χ0v) is 10.6. The highest BCUT2D eigenvalue weighted by atomic mass is 16.3. The lowest BCUT2D eigenvalue weighted by atomic mass is 10.0. The van der Waals surface area contributed by atoms with E-state index in [4.69, 9.17) is 0 Å². The Hall–Kier alpha value is -0.860. The minimum absolute atomic E-state index is 0.344. The van der Waals surface area contributed by atoms with E-state index in [9.17, 15) is 5.11 Å². The van der Waals surface area contributed by atoms with Crippen LogP contribution in [0.4, 0.5) is 0 Å². The van der Waals surface area contributed by atoms with Crippen LogP contribution in [-0.2, 0) is 0 Å². The molecule has 1 aromatic rings. The molecule has 0 heterocycles. The molecule has 0 fully saturated rings. The van der Waals surface area contributed by atoms with Crippen LogP contribution >= 0.6 is 0 Å². The Morgan fingerprint density at radius 2 is 1.94 bits per heavy atom. The molecule has 2 nitrogen and oxygen atoms in total. The SMILES string of the molecule is CCCNCCC(O)c1ccc(C)c(C)c1. The first kappa shape index (κ1) is 13.2. The van der Waals surface area contributed by atoms with Crippen molar-refractivity contribution >= 4 is 0 Å². The van der Waals surface area contributed by atoms with E-state index in [-0.39, 0.29) is 6.10 Å². The van der Waals surface area contributed by atoms with Gasteiger partial charge in [-0.25, -0.2) is 0 Å². The van der Waals surface area contributed by atoms with Crippen molar-refractivity contribution in [2.75, 3.05) is 13.1 Å². The highest BCUT2D eigenvalue weighted by Crippen LogP contribution is 2.19. The molecule has 0 amide bonds. The van der Waals surface area contributed by atoms with Gasteiger partial charge < -0.3 is 10.4 Å². The Kier molecular flexibility index (Phi) is 5.50. The van der Waals surface area contributed by atoms with Gasteiger partial charge in [-0.2, -0.15) is 0 Å². The summed E-state index contributed by atoms with van der Waals surface area (Å²) in [5, 5.41) is 13.3. The predicted octanol–water partition coefficient (Wildman–Crippen LogP) is 2.73. The van der Waals surface area contributed by atoms with Crippen LogP contribution in [0.3, 0.4) is 0 Å². The maximum atomic E-state index is 10.00. The molecule has 0 radical (unpaired) electrons. The van der Waals surface area contributed by atoms with Crippen LogP contribution in [0.1, 0.15) is 42.6 Å². The number of rotatable bonds is 6. The van der Waals surface area contributed by atoms with E-state index in [0.29, 0.717) is 0 Å². The van der Waals surface area contributed by atoms with E-state index >= 15 is 0 Å². The Morgan fingerprint density at radius 1 is 1.19 bits per heavy atom. The van der Waals surface area contributed by atoms with Crippen LogP contribution in [0.2, 0.25) is 0 Å². The van der Waals surface area contributed by atoms with E-state index < -0.39 is 0 Å². The molecule has 2 heteroatoms. The van der Waals surface area contributed by atoms with Gasteiger partial charge in [-0.05, 0) is 56.5 Å². The number of hydrogen-bond acceptors (Lipinski definition) is 2. The largest absolute Gasteiger partial charge is 0.388 e. The average molecular weight is 221 g/mol. The molecule has 1 aromatic carbocycles. The van der Waals surface area contributed by atoms with Crippen molar-refractivity contribution in [3.63, 3.8) is 0 Å². The Morgan fingerprint density at radius 3 is 2.56 bits per heavy atom. The van der Waals surface area contributed by atoms with Gasteiger partial charge in [0, 0.05) is 0 Å². The topological polar surface area (TPSA) is 32.3 Å². The van der Waals surface area contributed by atoms with Gasteiger partial charge in [0.05, 0.1) is 6.10 Å². The van der Waals surface area contributed by atoms with Crippen molar-refractivity contribution in [1.29, 1.82) is 0 Å². The molecule has 1 unspecified atom stereocenters. The smallest absolute Gasteiger partial charge is 0.0802 e. The van der Waals surface area contributed by atoms with Crippen LogP contribution in [-0.4, -0.2) is 18.2 Å². The fourth-order valence-electron chi connectivity index (χ4n) is 1.68. The van der Waals surface area contributed by atoms with Crippen LogP contribution in [0.15, 0.2) is 18.2 Å². The minimum Gasteiger partial charge on any atom is -0.388 e. The lowest BCUT2D eigenvalue weighted by molar-refractivity contribution is 0.167. The molecule has 0 aliphatic rings. The van der Waals surface area contributed by atoms with Gasteiger partial charge in [0.1, 0.15) is 0 Å². The molecule has 0 aromatic heterocycles. The number of aliphatic hydroxyl groups excluding tert-OH is 1. The molecular formula is C14H23NO. The van der Waals surface area contributed by atoms with Crippen LogP contribution in [0, 0.1) is 13.8 Å². The van der Waals surface area contributed by atoms with E-state index in [1.165, 1.54) is 11.1 Å². The number of hydrogen-bond donors (Lipinski definition) is 2. The maximum Gasteiger partial charge on any atom is 0.0802 e. The van der Waals surface area contributed by atoms with Crippen molar-refractivity contribution in [3.8, 4) is 0 Å². The van der Waals surface area contributed by atoms with Gasteiger partial charge in [-0.15, -0.1) is 0 Å². The zero-order chi connectivity index (χ0) is 12.0. The van der Waals surface area contributed by atoms with Gasteiger partial charge in [0.25, 0.3) is 0 Å². The number of aliphatic hydroxyl groups is 1. The zero-order valence-electron chi connectivity index (χ0n) is 10.6. The first-order valence-electron chi connectivity index (χ1n) is 6.11. The first-order valence-corrected chi connectivity index (χ1v) is 6.11. The summed E-state index contributed by atoms with van der Waals surface area (Å²) in [5.41, 5.74) is 3.56. The first-order chi connectivity index (χ1) is 7.65. The van der Waals surface area contributed by atoms with E-state index in [1.54, 1.807) is 0 Å². The Labute approximate surface area is 98.7 Å². The van der Waals surface area contributed by atoms with Crippen LogP contribution < -0.4 is 5.32 Å². The van der Waals surface area contributed by atoms with E-state index in [1.807, 2.05) is 6.07 Å². The normalized spacial score (nSPS) is 12.8. The molecule has 1 atom stereocenters. The standard InChI is InChI=1S/C14H23NO/c1-4-8-15-9-7-14(16)13-6-5-11(2)12(3)10-13/h5-6,10,14-16H,4,7-9H2,1-3H3. The third-order valence-electron chi connectivity index (χ3n) is 2.94. The summed E-state index contributed by atoms with van der Waals surface area (Å²) in [6.07, 6.45) is 1.58. The second-order valence-electron chi connectivity index (χ2n) is 4.40. The van der Waals surface area contributed by atoms with Gasteiger partial charge >= 0.3 is 0 Å². The highest BCUT2D eigenvalue weighted by molar-refractivity contribution is 5.31. The highest BCUT2D eigenvalue weighted by Gasteiger charge is 2.07. The van der Waals surface area contributed by atoms with Crippen molar-refractivity contribution in [3.05, 3.63) is 34.9 Å². The molecule has 0 saturated carbocycles. The number of nitrogens with one attached hydrogen (secondary N) is 1. The molecule has 16 heavy (non-hydrogen) atoms. The van der Waals surface area contributed by atoms with Gasteiger partial charge in [-0.1, -0.05) is 25.1 Å². The molecule has 1 rings (SSSR count). The van der Waals surface area contributed by atoms with Crippen LogP contribution in [0.25, 0.3) is 0 Å². The Balaban J connectivity index is 2.46. The fraction of sp³-hybridized carbons (Fsp3) is 0.571. The fourth-order valence-corrected chi connectivity index (χ4v) is 1.68. The van der Waals surface area contributed by atoms with Gasteiger partial charge in [0.15, 0.2) is 0 Å². The summed E-state index contributed by atoms with van der Waals surface area (Å²) in [6, 6.07) is 6.18. The van der Waals surface area contributed by atoms with Crippen molar-refractivity contribution in [2.45, 2.75) is 39.7 Å². The molecule has 90 valence electrons. The van der Waals surface area contributed by atoms with Crippen molar-refractivity contribution < 1.29 is 5.11 Å². The minimum atomic E-state index is -0.344. The third-order valence-corrected chi connectivity index (χ3v) is 2.94. The molecule has 0 aliphatic heterocycles. The summed E-state index contributed by atoms with van der Waals surface area (Å²) in [6.45, 7) is 8.23. The molecule has 0 aliphatic carbocycles. The van der Waals surface area contributed by atoms with Crippen LogP contribution in [0.5, 0.6) is 0 Å². The van der Waals surface area contributed by atoms with E-state index in [2.05, 4.69) is 38.2 Å². The molecular weight excluding hydrogens is 198 g/mol.